The minimum Gasteiger partial charge on any atom is -0.260 e. The van der Waals surface area contributed by atoms with Crippen molar-refractivity contribution in [3.63, 3.8) is 0 Å². The lowest BCUT2D eigenvalue weighted by Crippen LogP contribution is -2.17. The first kappa shape index (κ1) is 11.9. The van der Waals surface area contributed by atoms with Crippen molar-refractivity contribution in [2.24, 2.45) is 10.4 Å². The van der Waals surface area contributed by atoms with Crippen molar-refractivity contribution in [2.45, 2.75) is 27.7 Å². The summed E-state index contributed by atoms with van der Waals surface area (Å²) in [6.07, 6.45) is 5.40. The number of nitrogens with zero attached hydrogens (tertiary/aromatic N) is 1. The summed E-state index contributed by atoms with van der Waals surface area (Å²) in [6, 6.07) is 0. The maximum atomic E-state index is 4.35. The molecule has 1 nitrogen and oxygen atoms in total. The lowest BCUT2D eigenvalue weighted by atomic mass is 9.90. The third kappa shape index (κ3) is 4.46. The standard InChI is InChI=1S/C12H19N/c1-7-10(3)9-13-11(8-2)12(4,5)6/h7-9H,1-2H2,3-6H3/b10-9-,13-11?. The minimum absolute atomic E-state index is 0.0553. The van der Waals surface area contributed by atoms with Gasteiger partial charge in [-0.15, -0.1) is 0 Å². The molecule has 0 atom stereocenters. The molecule has 0 amide bonds. The Morgan fingerprint density at radius 3 is 2.00 bits per heavy atom. The van der Waals surface area contributed by atoms with E-state index in [1.807, 2.05) is 13.1 Å². The zero-order chi connectivity index (χ0) is 10.5. The van der Waals surface area contributed by atoms with Gasteiger partial charge in [-0.2, -0.15) is 0 Å². The summed E-state index contributed by atoms with van der Waals surface area (Å²) in [5.41, 5.74) is 2.11. The fourth-order valence-corrected chi connectivity index (χ4v) is 0.777. The van der Waals surface area contributed by atoms with Gasteiger partial charge in [0.2, 0.25) is 0 Å². The number of hydrogen-bond donors (Lipinski definition) is 0. The van der Waals surface area contributed by atoms with E-state index >= 15 is 0 Å². The van der Waals surface area contributed by atoms with Crippen LogP contribution in [0, 0.1) is 5.41 Å². The lowest BCUT2D eigenvalue weighted by molar-refractivity contribution is 0.594. The number of rotatable bonds is 3. The summed E-state index contributed by atoms with van der Waals surface area (Å²) in [7, 11) is 0. The molecule has 0 fully saturated rings. The van der Waals surface area contributed by atoms with Crippen LogP contribution in [-0.4, -0.2) is 5.71 Å². The first-order chi connectivity index (χ1) is 5.91. The van der Waals surface area contributed by atoms with Crippen molar-refractivity contribution >= 4 is 5.71 Å². The zero-order valence-electron chi connectivity index (χ0n) is 9.09. The van der Waals surface area contributed by atoms with Crippen LogP contribution in [0.2, 0.25) is 0 Å². The summed E-state index contributed by atoms with van der Waals surface area (Å²) < 4.78 is 0. The molecular weight excluding hydrogens is 158 g/mol. The van der Waals surface area contributed by atoms with Gasteiger partial charge < -0.3 is 0 Å². The predicted molar refractivity (Wildman–Crippen MR) is 61.0 cm³/mol. The number of hydrogen-bond acceptors (Lipinski definition) is 1. The highest BCUT2D eigenvalue weighted by atomic mass is 14.7. The molecule has 0 aliphatic heterocycles. The van der Waals surface area contributed by atoms with Gasteiger partial charge in [0, 0.05) is 17.3 Å². The Bertz CT molecular complexity index is 249. The summed E-state index contributed by atoms with van der Waals surface area (Å²) in [5, 5.41) is 0. The third-order valence-electron chi connectivity index (χ3n) is 1.69. The van der Waals surface area contributed by atoms with Gasteiger partial charge in [0.1, 0.15) is 0 Å². The van der Waals surface area contributed by atoms with E-state index in [0.717, 1.165) is 11.3 Å². The second kappa shape index (κ2) is 4.80. The molecule has 0 spiro atoms. The summed E-state index contributed by atoms with van der Waals surface area (Å²) >= 11 is 0. The Balaban J connectivity index is 4.79. The van der Waals surface area contributed by atoms with Gasteiger partial charge in [-0.1, -0.05) is 40.0 Å². The Hall–Kier alpha value is -1.11. The molecule has 0 saturated carbocycles. The molecule has 0 aliphatic carbocycles. The zero-order valence-corrected chi connectivity index (χ0v) is 9.09. The highest BCUT2D eigenvalue weighted by Gasteiger charge is 2.14. The van der Waals surface area contributed by atoms with Crippen LogP contribution in [0.4, 0.5) is 0 Å². The highest BCUT2D eigenvalue weighted by molar-refractivity contribution is 5.98. The first-order valence-electron chi connectivity index (χ1n) is 4.41. The second-order valence-electron chi connectivity index (χ2n) is 4.05. The van der Waals surface area contributed by atoms with E-state index in [4.69, 9.17) is 0 Å². The van der Waals surface area contributed by atoms with E-state index < -0.39 is 0 Å². The lowest BCUT2D eigenvalue weighted by Gasteiger charge is -2.17. The molecule has 0 unspecified atom stereocenters. The molecule has 0 heterocycles. The topological polar surface area (TPSA) is 12.4 Å². The normalized spacial score (nSPS) is 14.2. The molecule has 72 valence electrons. The Labute approximate surface area is 81.6 Å². The van der Waals surface area contributed by atoms with Gasteiger partial charge in [-0.3, -0.25) is 4.99 Å². The van der Waals surface area contributed by atoms with Crippen molar-refractivity contribution in [3.05, 3.63) is 37.1 Å². The van der Waals surface area contributed by atoms with Crippen LogP contribution in [0.25, 0.3) is 0 Å². The fraction of sp³-hybridized carbons (Fsp3) is 0.417. The van der Waals surface area contributed by atoms with Crippen LogP contribution in [0.15, 0.2) is 42.1 Å². The van der Waals surface area contributed by atoms with Crippen molar-refractivity contribution in [1.29, 1.82) is 0 Å². The van der Waals surface area contributed by atoms with Crippen molar-refractivity contribution < 1.29 is 0 Å². The molecule has 0 saturated heterocycles. The maximum Gasteiger partial charge on any atom is 0.0451 e. The molecule has 0 aromatic heterocycles. The van der Waals surface area contributed by atoms with Gasteiger partial charge in [-0.05, 0) is 18.6 Å². The van der Waals surface area contributed by atoms with Crippen LogP contribution in [0.5, 0.6) is 0 Å². The van der Waals surface area contributed by atoms with Crippen molar-refractivity contribution in [1.82, 2.24) is 0 Å². The fourth-order valence-electron chi connectivity index (χ4n) is 0.777. The largest absolute Gasteiger partial charge is 0.260 e. The number of allylic oxidation sites excluding steroid dienone is 3. The van der Waals surface area contributed by atoms with Crippen LogP contribution in [0.1, 0.15) is 27.7 Å². The van der Waals surface area contributed by atoms with Gasteiger partial charge in [0.15, 0.2) is 0 Å². The molecule has 0 rings (SSSR count). The van der Waals surface area contributed by atoms with Crippen LogP contribution >= 0.6 is 0 Å². The van der Waals surface area contributed by atoms with Gasteiger partial charge in [-0.25, -0.2) is 0 Å². The van der Waals surface area contributed by atoms with E-state index in [2.05, 4.69) is 38.9 Å². The summed E-state index contributed by atoms with van der Waals surface area (Å²) in [4.78, 5) is 4.35. The average Bonchev–Trinajstić information content (AvgIpc) is 2.02. The number of aliphatic imine (C=N–C) groups is 1. The van der Waals surface area contributed by atoms with E-state index in [1.54, 1.807) is 12.2 Å². The monoisotopic (exact) mass is 177 g/mol. The second-order valence-corrected chi connectivity index (χ2v) is 4.05. The quantitative estimate of drug-likeness (QED) is 0.460. The maximum absolute atomic E-state index is 4.35. The highest BCUT2D eigenvalue weighted by Crippen LogP contribution is 2.17. The molecule has 0 aliphatic rings. The summed E-state index contributed by atoms with van der Waals surface area (Å²) in [6.45, 7) is 15.7. The Kier molecular flexibility index (Phi) is 4.39. The predicted octanol–water partition coefficient (Wildman–Crippen LogP) is 3.75. The SMILES string of the molecule is C=CC(=N/C=C(/C)C=C)C(C)(C)C. The van der Waals surface area contributed by atoms with E-state index in [9.17, 15) is 0 Å². The van der Waals surface area contributed by atoms with E-state index in [0.29, 0.717) is 0 Å². The van der Waals surface area contributed by atoms with Crippen LogP contribution in [-0.2, 0) is 0 Å². The molecule has 0 radical (unpaired) electrons. The van der Waals surface area contributed by atoms with E-state index in [-0.39, 0.29) is 5.41 Å². The molecule has 1 heteroatoms. The van der Waals surface area contributed by atoms with Crippen molar-refractivity contribution in [3.8, 4) is 0 Å². The van der Waals surface area contributed by atoms with Gasteiger partial charge in [0.25, 0.3) is 0 Å². The van der Waals surface area contributed by atoms with Crippen molar-refractivity contribution in [2.75, 3.05) is 0 Å². The third-order valence-corrected chi connectivity index (χ3v) is 1.69. The summed E-state index contributed by atoms with van der Waals surface area (Å²) in [5.74, 6) is 0. The first-order valence-corrected chi connectivity index (χ1v) is 4.41. The van der Waals surface area contributed by atoms with E-state index in [1.165, 1.54) is 0 Å². The molecule has 0 aromatic carbocycles. The van der Waals surface area contributed by atoms with Crippen LogP contribution in [0.3, 0.4) is 0 Å². The van der Waals surface area contributed by atoms with Gasteiger partial charge in [0.05, 0.1) is 0 Å². The molecule has 0 bridgehead atoms. The molecule has 0 N–H and O–H groups in total. The smallest absolute Gasteiger partial charge is 0.0451 e. The Morgan fingerprint density at radius 2 is 1.69 bits per heavy atom. The minimum atomic E-state index is 0.0553. The van der Waals surface area contributed by atoms with Gasteiger partial charge >= 0.3 is 0 Å². The molecule has 0 aromatic rings. The Morgan fingerprint density at radius 1 is 1.15 bits per heavy atom. The molecule has 13 heavy (non-hydrogen) atoms. The van der Waals surface area contributed by atoms with Crippen LogP contribution < -0.4 is 0 Å². The molecular formula is C12H19N. The average molecular weight is 177 g/mol.